The maximum atomic E-state index is 4.46. The van der Waals surface area contributed by atoms with Crippen molar-refractivity contribution in [3.63, 3.8) is 0 Å². The third-order valence-corrected chi connectivity index (χ3v) is 19.5. The minimum Gasteiger partial charge on any atom is -0.286 e. The Bertz CT molecular complexity index is 1370. The summed E-state index contributed by atoms with van der Waals surface area (Å²) in [5, 5.41) is 35.3. The Kier molecular flexibility index (Phi) is 9.87. The number of allylic oxidation sites excluding steroid dienone is 2. The summed E-state index contributed by atoms with van der Waals surface area (Å²) in [6, 6.07) is 0. The van der Waals surface area contributed by atoms with Crippen molar-refractivity contribution in [2.24, 2.45) is 94.7 Å². The van der Waals surface area contributed by atoms with E-state index in [9.17, 15) is 0 Å². The first-order chi connectivity index (χ1) is 26.4. The molecule has 11 rings (SSSR count). The molecule has 5 saturated heterocycles. The van der Waals surface area contributed by atoms with Crippen molar-refractivity contribution in [3.05, 3.63) is 12.2 Å². The summed E-state index contributed by atoms with van der Waals surface area (Å²) in [6.07, 6.45) is 30.5. The number of fused-ring (bicyclic) bond motifs is 22. The Morgan fingerprint density at radius 1 is 0.333 bits per heavy atom. The fourth-order valence-corrected chi connectivity index (χ4v) is 16.6. The van der Waals surface area contributed by atoms with Crippen LogP contribution in [0.5, 0.6) is 0 Å². The molecule has 11 aliphatic rings. The van der Waals surface area contributed by atoms with Crippen LogP contribution in [0.25, 0.3) is 0 Å². The van der Waals surface area contributed by atoms with Crippen LogP contribution in [0.1, 0.15) is 130 Å². The van der Waals surface area contributed by atoms with Crippen molar-refractivity contribution in [2.45, 2.75) is 180 Å². The smallest absolute Gasteiger partial charge is 0.0628 e. The van der Waals surface area contributed by atoms with E-state index in [4.69, 9.17) is 0 Å². The van der Waals surface area contributed by atoms with E-state index in [0.717, 1.165) is 41.4 Å². The van der Waals surface area contributed by atoms with Gasteiger partial charge >= 0.3 is 0 Å². The van der Waals surface area contributed by atoms with Crippen LogP contribution in [-0.4, -0.2) is 49.3 Å². The van der Waals surface area contributed by atoms with E-state index in [1.165, 1.54) is 103 Å². The summed E-state index contributed by atoms with van der Waals surface area (Å²) in [5.74, 6) is 12.3. The van der Waals surface area contributed by atoms with Crippen LogP contribution in [-0.2, 0) is 0 Å². The Balaban J connectivity index is 0.950. The van der Waals surface area contributed by atoms with E-state index >= 15 is 0 Å². The van der Waals surface area contributed by atoms with Crippen LogP contribution in [0.2, 0.25) is 0 Å². The highest BCUT2D eigenvalue weighted by Crippen LogP contribution is 2.53. The van der Waals surface area contributed by atoms with E-state index in [1.807, 2.05) is 0 Å². The highest BCUT2D eigenvalue weighted by molar-refractivity contribution is 5.11. The molecule has 302 valence electrons. The summed E-state index contributed by atoms with van der Waals surface area (Å²) in [6.45, 7) is 9.88. The third kappa shape index (κ3) is 6.27. The first-order valence-electron chi connectivity index (χ1n) is 24.1. The molecular formula is C46H78N8. The molecule has 54 heavy (non-hydrogen) atoms. The molecule has 0 aromatic rings. The van der Waals surface area contributed by atoms with Crippen molar-refractivity contribution in [1.82, 2.24) is 42.5 Å². The zero-order valence-corrected chi connectivity index (χ0v) is 34.3. The van der Waals surface area contributed by atoms with Crippen molar-refractivity contribution in [3.8, 4) is 0 Å². The lowest BCUT2D eigenvalue weighted by Crippen LogP contribution is -2.61. The van der Waals surface area contributed by atoms with E-state index in [-0.39, 0.29) is 0 Å². The standard InChI is InChI=1S/C46H78N8/c1-5-10-26-18-34-33(17-25(26)4)41-50-42(34)52-46-38-22-30-14-9-8-13-29(30)21-37(38)44(54-46)49-40-32-16-24(3)23(2)15-31(32)39(47-40)48-43-35-19-27-11-6-7-12-28(27)20-36(35)45(51-41)53-43/h5,10,23-54H,6-9,11-22H2,1-4H3/b10-5-. The highest BCUT2D eigenvalue weighted by Gasteiger charge is 2.58. The number of nitrogens with one attached hydrogen (secondary N) is 8. The van der Waals surface area contributed by atoms with Gasteiger partial charge in [-0.1, -0.05) is 84.3 Å². The molecule has 8 nitrogen and oxygen atoms in total. The first-order valence-corrected chi connectivity index (χ1v) is 24.1. The van der Waals surface area contributed by atoms with Gasteiger partial charge in [-0.25, -0.2) is 0 Å². The van der Waals surface area contributed by atoms with Gasteiger partial charge in [0, 0.05) is 0 Å². The van der Waals surface area contributed by atoms with E-state index in [1.54, 1.807) is 0 Å². The molecule has 11 fully saturated rings. The number of hydrogen-bond acceptors (Lipinski definition) is 8. The van der Waals surface area contributed by atoms with E-state index < -0.39 is 0 Å². The van der Waals surface area contributed by atoms with Crippen LogP contribution in [0, 0.1) is 94.7 Å². The van der Waals surface area contributed by atoms with Gasteiger partial charge in [0.15, 0.2) is 0 Å². The lowest BCUT2D eigenvalue weighted by Gasteiger charge is -2.44. The van der Waals surface area contributed by atoms with Crippen molar-refractivity contribution >= 4 is 0 Å². The van der Waals surface area contributed by atoms with Gasteiger partial charge in [0.1, 0.15) is 0 Å². The van der Waals surface area contributed by atoms with Crippen LogP contribution >= 0.6 is 0 Å². The molecule has 0 spiro atoms. The van der Waals surface area contributed by atoms with Gasteiger partial charge in [0.25, 0.3) is 0 Å². The molecule has 0 radical (unpaired) electrons. The maximum Gasteiger partial charge on any atom is 0.0628 e. The van der Waals surface area contributed by atoms with Crippen LogP contribution in [0.15, 0.2) is 12.2 Å². The molecule has 6 saturated carbocycles. The molecule has 24 unspecified atom stereocenters. The topological polar surface area (TPSA) is 96.2 Å². The third-order valence-electron chi connectivity index (χ3n) is 19.5. The second-order valence-electron chi connectivity index (χ2n) is 22.1. The van der Waals surface area contributed by atoms with Gasteiger partial charge in [-0.2, -0.15) is 0 Å². The van der Waals surface area contributed by atoms with Crippen LogP contribution < -0.4 is 42.5 Å². The molecule has 5 heterocycles. The van der Waals surface area contributed by atoms with Gasteiger partial charge in [-0.3, -0.25) is 42.5 Å². The minimum atomic E-state index is 0.348. The molecule has 5 aliphatic heterocycles. The molecule has 24 atom stereocenters. The largest absolute Gasteiger partial charge is 0.286 e. The average Bonchev–Trinajstić information content (AvgIpc) is 3.88. The Morgan fingerprint density at radius 3 is 0.889 bits per heavy atom. The number of rotatable bonds is 1. The minimum absolute atomic E-state index is 0.348. The first kappa shape index (κ1) is 36.5. The average molecular weight is 743 g/mol. The molecule has 0 aromatic carbocycles. The molecule has 0 amide bonds. The van der Waals surface area contributed by atoms with Gasteiger partial charge in [-0.05, 0) is 153 Å². The predicted octanol–water partition coefficient (Wildman–Crippen LogP) is 6.20. The molecule has 8 bridgehead atoms. The van der Waals surface area contributed by atoms with Crippen molar-refractivity contribution in [2.75, 3.05) is 0 Å². The van der Waals surface area contributed by atoms with Gasteiger partial charge in [0.05, 0.1) is 49.3 Å². The Morgan fingerprint density at radius 2 is 0.593 bits per heavy atom. The normalized spacial score (nSPS) is 59.5. The SMILES string of the molecule is C/C=C\C1CC2C3NC(NC4NC(NC5NC(NC6NC(N3)C3CC7CCCCC7CC63)C3CC(C)C(C)CC53)C3CC5CCCCC5CC43)C2CC1C. The molecule has 0 aromatic heterocycles. The summed E-state index contributed by atoms with van der Waals surface area (Å²) >= 11 is 0. The second kappa shape index (κ2) is 14.6. The zero-order valence-electron chi connectivity index (χ0n) is 34.3. The van der Waals surface area contributed by atoms with Crippen molar-refractivity contribution in [1.29, 1.82) is 0 Å². The summed E-state index contributed by atoms with van der Waals surface area (Å²) < 4.78 is 0. The van der Waals surface area contributed by atoms with Crippen LogP contribution in [0.4, 0.5) is 0 Å². The Labute approximate surface area is 328 Å². The maximum absolute atomic E-state index is 4.46. The predicted molar refractivity (Wildman–Crippen MR) is 217 cm³/mol. The van der Waals surface area contributed by atoms with Crippen LogP contribution in [0.3, 0.4) is 0 Å². The fraction of sp³-hybridized carbons (Fsp3) is 0.957. The quantitative estimate of drug-likeness (QED) is 0.151. The monoisotopic (exact) mass is 743 g/mol. The molecule has 6 aliphatic carbocycles. The van der Waals surface area contributed by atoms with Gasteiger partial charge in [0.2, 0.25) is 0 Å². The van der Waals surface area contributed by atoms with E-state index in [2.05, 4.69) is 82.4 Å². The molecular weight excluding hydrogens is 665 g/mol. The Hall–Kier alpha value is -0.580. The fourth-order valence-electron chi connectivity index (χ4n) is 16.6. The van der Waals surface area contributed by atoms with Crippen molar-refractivity contribution < 1.29 is 0 Å². The number of hydrogen-bond donors (Lipinski definition) is 8. The second-order valence-corrected chi connectivity index (χ2v) is 22.1. The van der Waals surface area contributed by atoms with E-state index in [0.29, 0.717) is 103 Å². The van der Waals surface area contributed by atoms with Gasteiger partial charge < -0.3 is 0 Å². The molecule has 8 N–H and O–H groups in total. The summed E-state index contributed by atoms with van der Waals surface area (Å²) in [5.41, 5.74) is 0. The lowest BCUT2D eigenvalue weighted by molar-refractivity contribution is 0.0626. The highest BCUT2D eigenvalue weighted by atomic mass is 15.4. The lowest BCUT2D eigenvalue weighted by atomic mass is 9.63. The summed E-state index contributed by atoms with van der Waals surface area (Å²) in [7, 11) is 0. The van der Waals surface area contributed by atoms with Gasteiger partial charge in [-0.15, -0.1) is 0 Å². The summed E-state index contributed by atoms with van der Waals surface area (Å²) in [4.78, 5) is 0. The zero-order chi connectivity index (χ0) is 36.2. The molecule has 8 heteroatoms.